The molecule has 2 saturated carbocycles. The van der Waals surface area contributed by atoms with Crippen LogP contribution in [0.15, 0.2) is 24.4 Å². The van der Waals surface area contributed by atoms with Gasteiger partial charge in [0.2, 0.25) is 0 Å². The van der Waals surface area contributed by atoms with Crippen molar-refractivity contribution in [3.8, 4) is 0 Å². The summed E-state index contributed by atoms with van der Waals surface area (Å²) in [6, 6.07) is 5.38. The topological polar surface area (TPSA) is 31.2 Å². The van der Waals surface area contributed by atoms with E-state index in [4.69, 9.17) is 17.1 Å². The van der Waals surface area contributed by atoms with Crippen molar-refractivity contribution in [2.75, 3.05) is 0 Å². The van der Waals surface area contributed by atoms with Gasteiger partial charge in [-0.2, -0.15) is 4.73 Å². The first-order valence-electron chi connectivity index (χ1n) is 6.08. The third-order valence-electron chi connectivity index (χ3n) is 4.07. The molecule has 2 fully saturated rings. The lowest BCUT2D eigenvalue weighted by atomic mass is 10.00. The van der Waals surface area contributed by atoms with Crippen molar-refractivity contribution < 1.29 is 9.63 Å². The average Bonchev–Trinajstić information content (AvgIpc) is 2.83. The highest BCUT2D eigenvalue weighted by atomic mass is 32.1. The van der Waals surface area contributed by atoms with Crippen LogP contribution in [0.2, 0.25) is 0 Å². The summed E-state index contributed by atoms with van der Waals surface area (Å²) in [6.07, 6.45) is 7.18. The molecule has 3 nitrogen and oxygen atoms in total. The number of rotatable bonds is 3. The van der Waals surface area contributed by atoms with E-state index in [1.54, 1.807) is 18.3 Å². The Morgan fingerprint density at radius 1 is 1.59 bits per heavy atom. The van der Waals surface area contributed by atoms with Gasteiger partial charge < -0.3 is 4.84 Å². The predicted molar refractivity (Wildman–Crippen MR) is 65.9 cm³/mol. The van der Waals surface area contributed by atoms with E-state index < -0.39 is 0 Å². The first kappa shape index (κ1) is 11.0. The van der Waals surface area contributed by atoms with E-state index in [1.165, 1.54) is 30.4 Å². The fourth-order valence-electron chi connectivity index (χ4n) is 3.07. The highest BCUT2D eigenvalue weighted by molar-refractivity contribution is 7.71. The van der Waals surface area contributed by atoms with Crippen LogP contribution >= 0.6 is 12.2 Å². The van der Waals surface area contributed by atoms with Gasteiger partial charge in [-0.3, -0.25) is 0 Å². The number of fused-ring (bicyclic) bond motifs is 1. The molecule has 0 radical (unpaired) electrons. The molecular weight excluding hydrogens is 234 g/mol. The van der Waals surface area contributed by atoms with Gasteiger partial charge in [0.25, 0.3) is 0 Å². The van der Waals surface area contributed by atoms with Gasteiger partial charge in [-0.15, -0.1) is 0 Å². The van der Waals surface area contributed by atoms with Crippen LogP contribution in [0.3, 0.4) is 0 Å². The molecule has 3 rings (SSSR count). The van der Waals surface area contributed by atoms with Crippen molar-refractivity contribution in [2.45, 2.75) is 32.1 Å². The standard InChI is InChI=1S/C13H15NO2S/c15-12(9-13-6-3-4-10(13)8-13)16-14-7-2-1-5-11(14)17/h1-2,5,7,10H,3-4,6,8-9H2. The fourth-order valence-corrected chi connectivity index (χ4v) is 3.25. The Morgan fingerprint density at radius 3 is 3.12 bits per heavy atom. The molecule has 0 aliphatic heterocycles. The monoisotopic (exact) mass is 249 g/mol. The molecule has 4 heteroatoms. The van der Waals surface area contributed by atoms with Gasteiger partial charge in [0, 0.05) is 6.20 Å². The molecule has 1 heterocycles. The minimum atomic E-state index is -0.156. The lowest BCUT2D eigenvalue weighted by molar-refractivity contribution is -0.146. The normalized spacial score (nSPS) is 29.8. The maximum Gasteiger partial charge on any atom is 0.333 e. The van der Waals surface area contributed by atoms with E-state index in [1.807, 2.05) is 6.07 Å². The summed E-state index contributed by atoms with van der Waals surface area (Å²) in [5.41, 5.74) is 0.286. The largest absolute Gasteiger partial charge is 0.336 e. The average molecular weight is 249 g/mol. The van der Waals surface area contributed by atoms with Crippen LogP contribution in [-0.4, -0.2) is 10.7 Å². The smallest absolute Gasteiger partial charge is 0.333 e. The predicted octanol–water partition coefficient (Wildman–Crippen LogP) is 2.75. The Kier molecular flexibility index (Phi) is 2.54. The second-order valence-corrected chi connectivity index (χ2v) is 5.58. The van der Waals surface area contributed by atoms with Crippen molar-refractivity contribution >= 4 is 18.2 Å². The van der Waals surface area contributed by atoms with Crippen molar-refractivity contribution in [1.82, 2.24) is 4.73 Å². The minimum absolute atomic E-state index is 0.156. The number of hydrogen-bond donors (Lipinski definition) is 0. The minimum Gasteiger partial charge on any atom is -0.336 e. The first-order valence-corrected chi connectivity index (χ1v) is 6.49. The van der Waals surface area contributed by atoms with E-state index in [9.17, 15) is 4.79 Å². The highest BCUT2D eigenvalue weighted by Gasteiger charge is 2.57. The summed E-state index contributed by atoms with van der Waals surface area (Å²) in [7, 11) is 0. The molecule has 2 atom stereocenters. The Morgan fingerprint density at radius 2 is 2.47 bits per heavy atom. The van der Waals surface area contributed by atoms with Crippen LogP contribution in [0, 0.1) is 16.0 Å². The van der Waals surface area contributed by atoms with Crippen LogP contribution in [0.4, 0.5) is 0 Å². The number of pyridine rings is 1. The van der Waals surface area contributed by atoms with Crippen molar-refractivity contribution in [1.29, 1.82) is 0 Å². The van der Waals surface area contributed by atoms with Gasteiger partial charge in [-0.05, 0) is 42.7 Å². The zero-order valence-corrected chi connectivity index (χ0v) is 10.4. The van der Waals surface area contributed by atoms with Gasteiger partial charge in [-0.25, -0.2) is 4.79 Å². The summed E-state index contributed by atoms with van der Waals surface area (Å²) in [4.78, 5) is 17.1. The summed E-state index contributed by atoms with van der Waals surface area (Å²) >= 11 is 5.08. The molecule has 90 valence electrons. The maximum absolute atomic E-state index is 11.9. The van der Waals surface area contributed by atoms with Crippen LogP contribution in [0.25, 0.3) is 0 Å². The molecule has 1 aromatic rings. The Bertz CT molecular complexity index is 510. The molecule has 2 unspecified atom stereocenters. The number of carbonyl (C=O) groups is 1. The van der Waals surface area contributed by atoms with Crippen molar-refractivity contribution in [3.05, 3.63) is 29.0 Å². The molecular formula is C13H15NO2S. The quantitative estimate of drug-likeness (QED) is 0.772. The van der Waals surface area contributed by atoms with E-state index >= 15 is 0 Å². The lowest BCUT2D eigenvalue weighted by Crippen LogP contribution is -2.23. The molecule has 17 heavy (non-hydrogen) atoms. The van der Waals surface area contributed by atoms with Crippen molar-refractivity contribution in [3.63, 3.8) is 0 Å². The molecule has 2 aliphatic rings. The summed E-state index contributed by atoms with van der Waals surface area (Å²) in [6.45, 7) is 0. The molecule has 2 aliphatic carbocycles. The Labute approximate surface area is 105 Å². The van der Waals surface area contributed by atoms with E-state index in [-0.39, 0.29) is 11.4 Å². The number of carbonyl (C=O) groups excluding carboxylic acids is 1. The van der Waals surface area contributed by atoms with Gasteiger partial charge in [-0.1, -0.05) is 24.7 Å². The molecule has 0 spiro atoms. The second-order valence-electron chi connectivity index (χ2n) is 5.16. The summed E-state index contributed by atoms with van der Waals surface area (Å²) in [5.74, 6) is 0.621. The van der Waals surface area contributed by atoms with Crippen molar-refractivity contribution in [2.24, 2.45) is 11.3 Å². The zero-order chi connectivity index (χ0) is 11.9. The number of hydrogen-bond acceptors (Lipinski definition) is 3. The Balaban J connectivity index is 1.65. The Hall–Kier alpha value is -1.16. The second kappa shape index (κ2) is 3.95. The number of aromatic nitrogens is 1. The zero-order valence-electron chi connectivity index (χ0n) is 9.59. The summed E-state index contributed by atoms with van der Waals surface area (Å²) in [5, 5.41) is 0. The molecule has 0 N–H and O–H groups in total. The number of nitrogens with zero attached hydrogens (tertiary/aromatic N) is 1. The van der Waals surface area contributed by atoms with Crippen LogP contribution < -0.4 is 4.84 Å². The molecule has 0 bridgehead atoms. The maximum atomic E-state index is 11.9. The van der Waals surface area contributed by atoms with Crippen LogP contribution in [0.5, 0.6) is 0 Å². The third kappa shape index (κ3) is 2.02. The molecule has 0 saturated heterocycles. The first-order chi connectivity index (χ1) is 8.20. The highest BCUT2D eigenvalue weighted by Crippen LogP contribution is 2.65. The SMILES string of the molecule is O=C(CC12CCCC1C2)On1ccccc1=S. The molecule has 1 aromatic heterocycles. The van der Waals surface area contributed by atoms with Gasteiger partial charge >= 0.3 is 5.97 Å². The van der Waals surface area contributed by atoms with Gasteiger partial charge in [0.05, 0.1) is 6.42 Å². The van der Waals surface area contributed by atoms with Crippen LogP contribution in [0.1, 0.15) is 32.1 Å². The lowest BCUT2D eigenvalue weighted by Gasteiger charge is -2.11. The van der Waals surface area contributed by atoms with E-state index in [0.29, 0.717) is 11.1 Å². The molecule has 0 amide bonds. The van der Waals surface area contributed by atoms with E-state index in [2.05, 4.69) is 0 Å². The molecule has 0 aromatic carbocycles. The summed E-state index contributed by atoms with van der Waals surface area (Å²) < 4.78 is 1.90. The van der Waals surface area contributed by atoms with Crippen LogP contribution in [-0.2, 0) is 4.79 Å². The van der Waals surface area contributed by atoms with Gasteiger partial charge in [0.15, 0.2) is 0 Å². The van der Waals surface area contributed by atoms with E-state index in [0.717, 1.165) is 5.92 Å². The fraction of sp³-hybridized carbons (Fsp3) is 0.538. The third-order valence-corrected chi connectivity index (χ3v) is 4.39. The van der Waals surface area contributed by atoms with Gasteiger partial charge in [0.1, 0.15) is 4.64 Å².